The number of methoxy groups -OCH3 is 1. The van der Waals surface area contributed by atoms with Crippen LogP contribution < -0.4 is 15.4 Å². The molecule has 0 aliphatic rings. The first-order valence-electron chi connectivity index (χ1n) is 7.24. The second-order valence-corrected chi connectivity index (χ2v) is 6.36. The number of ether oxygens (including phenoxy) is 1. The Kier molecular flexibility index (Phi) is 5.44. The zero-order valence-electron chi connectivity index (χ0n) is 13.4. The van der Waals surface area contributed by atoms with Gasteiger partial charge in [-0.05, 0) is 61.4 Å². The highest BCUT2D eigenvalue weighted by molar-refractivity contribution is 7.10. The first-order valence-corrected chi connectivity index (χ1v) is 8.12. The molecule has 118 valence electrons. The number of hydrogen-bond acceptors (Lipinski definition) is 3. The number of carbonyl (C=O) groups is 1. The summed E-state index contributed by atoms with van der Waals surface area (Å²) in [5.41, 5.74) is 4.38. The van der Waals surface area contributed by atoms with Crippen LogP contribution in [-0.4, -0.2) is 19.7 Å². The molecule has 2 rings (SSSR count). The van der Waals surface area contributed by atoms with Gasteiger partial charge in [0.1, 0.15) is 5.75 Å². The van der Waals surface area contributed by atoms with Gasteiger partial charge in [-0.15, -0.1) is 11.3 Å². The van der Waals surface area contributed by atoms with Gasteiger partial charge < -0.3 is 15.4 Å². The Morgan fingerprint density at radius 2 is 2.05 bits per heavy atom. The normalized spacial score (nSPS) is 10.4. The van der Waals surface area contributed by atoms with Gasteiger partial charge in [0.2, 0.25) is 0 Å². The van der Waals surface area contributed by atoms with Crippen LogP contribution in [0.5, 0.6) is 5.75 Å². The van der Waals surface area contributed by atoms with E-state index in [4.69, 9.17) is 4.74 Å². The van der Waals surface area contributed by atoms with Gasteiger partial charge in [-0.25, -0.2) is 4.79 Å². The Labute approximate surface area is 135 Å². The second kappa shape index (κ2) is 7.31. The van der Waals surface area contributed by atoms with Crippen molar-refractivity contribution >= 4 is 23.1 Å². The number of amides is 2. The Morgan fingerprint density at radius 3 is 2.68 bits per heavy atom. The summed E-state index contributed by atoms with van der Waals surface area (Å²) in [6.45, 7) is 6.83. The summed E-state index contributed by atoms with van der Waals surface area (Å²) in [5.74, 6) is 0.657. The first-order chi connectivity index (χ1) is 10.5. The van der Waals surface area contributed by atoms with Gasteiger partial charge in [0, 0.05) is 11.4 Å². The zero-order chi connectivity index (χ0) is 16.1. The smallest absolute Gasteiger partial charge is 0.319 e. The zero-order valence-corrected chi connectivity index (χ0v) is 14.3. The van der Waals surface area contributed by atoms with Gasteiger partial charge >= 0.3 is 6.03 Å². The molecule has 2 aromatic rings. The van der Waals surface area contributed by atoms with E-state index in [0.29, 0.717) is 18.0 Å². The van der Waals surface area contributed by atoms with Gasteiger partial charge in [0.05, 0.1) is 12.8 Å². The summed E-state index contributed by atoms with van der Waals surface area (Å²) in [4.78, 5) is 13.3. The van der Waals surface area contributed by atoms with E-state index in [-0.39, 0.29) is 6.03 Å². The van der Waals surface area contributed by atoms with Crippen LogP contribution in [0.25, 0.3) is 0 Å². The molecule has 4 nitrogen and oxygen atoms in total. The van der Waals surface area contributed by atoms with Gasteiger partial charge in [-0.3, -0.25) is 0 Å². The third kappa shape index (κ3) is 4.01. The van der Waals surface area contributed by atoms with Crippen LogP contribution in [0.2, 0.25) is 0 Å². The van der Waals surface area contributed by atoms with E-state index >= 15 is 0 Å². The molecule has 1 aromatic carbocycles. The summed E-state index contributed by atoms with van der Waals surface area (Å²) < 4.78 is 5.25. The fourth-order valence-electron chi connectivity index (χ4n) is 2.21. The maximum absolute atomic E-state index is 12.0. The summed E-state index contributed by atoms with van der Waals surface area (Å²) in [5, 5.41) is 7.88. The predicted molar refractivity (Wildman–Crippen MR) is 92.2 cm³/mol. The van der Waals surface area contributed by atoms with Crippen molar-refractivity contribution in [2.24, 2.45) is 0 Å². The van der Waals surface area contributed by atoms with E-state index in [9.17, 15) is 4.79 Å². The maximum Gasteiger partial charge on any atom is 0.319 e. The molecule has 1 heterocycles. The Hall–Kier alpha value is -2.01. The number of rotatable bonds is 5. The van der Waals surface area contributed by atoms with Gasteiger partial charge in [0.25, 0.3) is 0 Å². The highest BCUT2D eigenvalue weighted by atomic mass is 32.1. The fourth-order valence-corrected chi connectivity index (χ4v) is 3.13. The molecule has 5 heteroatoms. The van der Waals surface area contributed by atoms with E-state index in [2.05, 4.69) is 29.9 Å². The third-order valence-corrected chi connectivity index (χ3v) is 4.73. The number of carbonyl (C=O) groups excluding carboxylic acids is 1. The minimum Gasteiger partial charge on any atom is -0.495 e. The average molecular weight is 318 g/mol. The average Bonchev–Trinajstić information content (AvgIpc) is 2.79. The summed E-state index contributed by atoms with van der Waals surface area (Å²) >= 11 is 1.75. The molecular formula is C17H22N2O2S. The Bertz CT molecular complexity index is 665. The molecule has 0 radical (unpaired) electrons. The number of thiophene rings is 1. The van der Waals surface area contributed by atoms with Crippen molar-refractivity contribution in [3.8, 4) is 5.75 Å². The largest absolute Gasteiger partial charge is 0.495 e. The number of urea groups is 1. The van der Waals surface area contributed by atoms with Crippen LogP contribution in [0.15, 0.2) is 23.6 Å². The van der Waals surface area contributed by atoms with Crippen molar-refractivity contribution in [1.29, 1.82) is 0 Å². The molecule has 2 N–H and O–H groups in total. The van der Waals surface area contributed by atoms with Crippen LogP contribution in [0, 0.1) is 20.8 Å². The van der Waals surface area contributed by atoms with Crippen LogP contribution >= 0.6 is 11.3 Å². The molecule has 0 fully saturated rings. The van der Waals surface area contributed by atoms with Crippen molar-refractivity contribution in [2.45, 2.75) is 27.2 Å². The molecule has 0 bridgehead atoms. The molecule has 2 amide bonds. The van der Waals surface area contributed by atoms with E-state index in [1.54, 1.807) is 18.4 Å². The molecule has 0 atom stereocenters. The van der Waals surface area contributed by atoms with E-state index in [0.717, 1.165) is 12.0 Å². The summed E-state index contributed by atoms with van der Waals surface area (Å²) in [6.07, 6.45) is 0.842. The SMILES string of the molecule is COc1ccc(C)cc1NC(=O)NCCc1csc(C)c1C. The molecule has 1 aromatic heterocycles. The Morgan fingerprint density at radius 1 is 1.27 bits per heavy atom. The van der Waals surface area contributed by atoms with Crippen molar-refractivity contribution in [2.75, 3.05) is 19.0 Å². The number of aryl methyl sites for hydroxylation is 2. The highest BCUT2D eigenvalue weighted by Gasteiger charge is 2.08. The van der Waals surface area contributed by atoms with Crippen LogP contribution in [-0.2, 0) is 6.42 Å². The van der Waals surface area contributed by atoms with E-state index in [1.165, 1.54) is 16.0 Å². The monoisotopic (exact) mass is 318 g/mol. The number of anilines is 1. The molecule has 0 aliphatic carbocycles. The van der Waals surface area contributed by atoms with Crippen molar-refractivity contribution < 1.29 is 9.53 Å². The van der Waals surface area contributed by atoms with E-state index < -0.39 is 0 Å². The minimum atomic E-state index is -0.214. The maximum atomic E-state index is 12.0. The molecule has 0 saturated carbocycles. The lowest BCUT2D eigenvalue weighted by Gasteiger charge is -2.12. The number of hydrogen-bond donors (Lipinski definition) is 2. The van der Waals surface area contributed by atoms with Crippen molar-refractivity contribution in [1.82, 2.24) is 5.32 Å². The van der Waals surface area contributed by atoms with Crippen LogP contribution in [0.4, 0.5) is 10.5 Å². The van der Waals surface area contributed by atoms with Crippen LogP contribution in [0.1, 0.15) is 21.6 Å². The number of nitrogens with one attached hydrogen (secondary N) is 2. The second-order valence-electron chi connectivity index (χ2n) is 5.28. The molecule has 0 aliphatic heterocycles. The van der Waals surface area contributed by atoms with Gasteiger partial charge in [-0.2, -0.15) is 0 Å². The summed E-state index contributed by atoms with van der Waals surface area (Å²) in [7, 11) is 1.59. The summed E-state index contributed by atoms with van der Waals surface area (Å²) in [6, 6.07) is 5.48. The van der Waals surface area contributed by atoms with E-state index in [1.807, 2.05) is 25.1 Å². The predicted octanol–water partition coefficient (Wildman–Crippen LogP) is 4.05. The lowest BCUT2D eigenvalue weighted by molar-refractivity contribution is 0.252. The minimum absolute atomic E-state index is 0.214. The number of benzene rings is 1. The van der Waals surface area contributed by atoms with Crippen molar-refractivity contribution in [3.05, 3.63) is 45.1 Å². The molecule has 0 spiro atoms. The van der Waals surface area contributed by atoms with Gasteiger partial charge in [-0.1, -0.05) is 6.07 Å². The molecular weight excluding hydrogens is 296 g/mol. The standard InChI is InChI=1S/C17H22N2O2S/c1-11-5-6-16(21-4)15(9-11)19-17(20)18-8-7-14-10-22-13(3)12(14)2/h5-6,9-10H,7-8H2,1-4H3,(H2,18,19,20). The third-order valence-electron chi connectivity index (χ3n) is 3.67. The van der Waals surface area contributed by atoms with Gasteiger partial charge in [0.15, 0.2) is 0 Å². The van der Waals surface area contributed by atoms with Crippen molar-refractivity contribution in [3.63, 3.8) is 0 Å². The fraction of sp³-hybridized carbons (Fsp3) is 0.353. The quantitative estimate of drug-likeness (QED) is 0.874. The highest BCUT2D eigenvalue weighted by Crippen LogP contribution is 2.25. The topological polar surface area (TPSA) is 50.4 Å². The molecule has 22 heavy (non-hydrogen) atoms. The molecule has 0 unspecified atom stereocenters. The first kappa shape index (κ1) is 16.4. The Balaban J connectivity index is 1.88. The molecule has 0 saturated heterocycles. The lowest BCUT2D eigenvalue weighted by atomic mass is 10.1. The lowest BCUT2D eigenvalue weighted by Crippen LogP contribution is -2.30. The van der Waals surface area contributed by atoms with Crippen LogP contribution in [0.3, 0.4) is 0 Å².